The van der Waals surface area contributed by atoms with Crippen LogP contribution in [0.1, 0.15) is 24.3 Å². The van der Waals surface area contributed by atoms with Crippen molar-refractivity contribution in [3.05, 3.63) is 65.7 Å². The lowest BCUT2D eigenvalue weighted by Crippen LogP contribution is -2.13. The number of benzene rings is 2. The van der Waals surface area contributed by atoms with Crippen LogP contribution >= 0.6 is 0 Å². The zero-order valence-electron chi connectivity index (χ0n) is 11.8. The van der Waals surface area contributed by atoms with Crippen molar-refractivity contribution in [2.75, 3.05) is 13.2 Å². The predicted molar refractivity (Wildman–Crippen MR) is 79.3 cm³/mol. The number of hydrogen-bond donors (Lipinski definition) is 1. The van der Waals surface area contributed by atoms with Crippen LogP contribution in [0.3, 0.4) is 0 Å². The Balaban J connectivity index is 1.79. The van der Waals surface area contributed by atoms with E-state index in [9.17, 15) is 8.78 Å². The maximum absolute atomic E-state index is 13.0. The second kappa shape index (κ2) is 7.74. The van der Waals surface area contributed by atoms with Crippen LogP contribution in [0.2, 0.25) is 0 Å². The molecule has 0 bridgehead atoms. The SMILES string of the molecule is NCC(CCCOc1ccc(F)c(F)c1)c1ccccc1. The topological polar surface area (TPSA) is 35.2 Å². The summed E-state index contributed by atoms with van der Waals surface area (Å²) in [5.41, 5.74) is 7.02. The second-order valence-electron chi connectivity index (χ2n) is 4.91. The van der Waals surface area contributed by atoms with Crippen molar-refractivity contribution < 1.29 is 13.5 Å². The molecule has 2 N–H and O–H groups in total. The summed E-state index contributed by atoms with van der Waals surface area (Å²) in [4.78, 5) is 0. The Kier molecular flexibility index (Phi) is 5.69. The minimum Gasteiger partial charge on any atom is -0.493 e. The summed E-state index contributed by atoms with van der Waals surface area (Å²) in [6.07, 6.45) is 1.69. The highest BCUT2D eigenvalue weighted by Crippen LogP contribution is 2.20. The van der Waals surface area contributed by atoms with Gasteiger partial charge in [-0.05, 0) is 43.0 Å². The van der Waals surface area contributed by atoms with Gasteiger partial charge in [0, 0.05) is 6.07 Å². The van der Waals surface area contributed by atoms with E-state index >= 15 is 0 Å². The molecule has 0 spiro atoms. The first-order valence-electron chi connectivity index (χ1n) is 7.03. The van der Waals surface area contributed by atoms with Gasteiger partial charge in [0.25, 0.3) is 0 Å². The first-order chi connectivity index (χ1) is 10.2. The van der Waals surface area contributed by atoms with Crippen LogP contribution in [0.5, 0.6) is 5.75 Å². The fourth-order valence-corrected chi connectivity index (χ4v) is 2.23. The zero-order chi connectivity index (χ0) is 15.1. The van der Waals surface area contributed by atoms with E-state index in [2.05, 4.69) is 12.1 Å². The lowest BCUT2D eigenvalue weighted by atomic mass is 9.95. The Morgan fingerprint density at radius 3 is 2.43 bits per heavy atom. The summed E-state index contributed by atoms with van der Waals surface area (Å²) in [6, 6.07) is 13.6. The summed E-state index contributed by atoms with van der Waals surface area (Å²) in [5.74, 6) is -1.12. The molecule has 21 heavy (non-hydrogen) atoms. The Labute approximate surface area is 123 Å². The van der Waals surface area contributed by atoms with Crippen molar-refractivity contribution in [2.24, 2.45) is 5.73 Å². The van der Waals surface area contributed by atoms with Crippen LogP contribution in [-0.2, 0) is 0 Å². The lowest BCUT2D eigenvalue weighted by molar-refractivity contribution is 0.299. The molecule has 2 rings (SSSR count). The molecular formula is C17H19F2NO. The molecule has 1 atom stereocenters. The highest BCUT2D eigenvalue weighted by atomic mass is 19.2. The van der Waals surface area contributed by atoms with Gasteiger partial charge in [-0.25, -0.2) is 8.78 Å². The molecule has 0 radical (unpaired) electrons. The molecule has 2 aromatic carbocycles. The Morgan fingerprint density at radius 2 is 1.76 bits per heavy atom. The molecule has 0 heterocycles. The van der Waals surface area contributed by atoms with Crippen molar-refractivity contribution in [2.45, 2.75) is 18.8 Å². The molecule has 0 aromatic heterocycles. The molecule has 2 nitrogen and oxygen atoms in total. The van der Waals surface area contributed by atoms with E-state index in [1.54, 1.807) is 0 Å². The minimum atomic E-state index is -0.892. The van der Waals surface area contributed by atoms with Crippen LogP contribution < -0.4 is 10.5 Å². The molecular weight excluding hydrogens is 272 g/mol. The third-order valence-electron chi connectivity index (χ3n) is 3.41. The van der Waals surface area contributed by atoms with E-state index in [-0.39, 0.29) is 0 Å². The highest BCUT2D eigenvalue weighted by molar-refractivity contribution is 5.23. The Bertz CT molecular complexity index is 560. The summed E-state index contributed by atoms with van der Waals surface area (Å²) < 4.78 is 31.2. The van der Waals surface area contributed by atoms with E-state index in [4.69, 9.17) is 10.5 Å². The summed E-state index contributed by atoms with van der Waals surface area (Å²) >= 11 is 0. The highest BCUT2D eigenvalue weighted by Gasteiger charge is 2.09. The third kappa shape index (κ3) is 4.53. The van der Waals surface area contributed by atoms with Crippen molar-refractivity contribution in [3.8, 4) is 5.75 Å². The molecule has 0 aliphatic carbocycles. The maximum Gasteiger partial charge on any atom is 0.162 e. The molecule has 112 valence electrons. The van der Waals surface area contributed by atoms with E-state index in [0.717, 1.165) is 25.0 Å². The first kappa shape index (κ1) is 15.4. The van der Waals surface area contributed by atoms with Gasteiger partial charge in [-0.2, -0.15) is 0 Å². The van der Waals surface area contributed by atoms with Crippen LogP contribution in [0.15, 0.2) is 48.5 Å². The monoisotopic (exact) mass is 291 g/mol. The van der Waals surface area contributed by atoms with Crippen LogP contribution in [-0.4, -0.2) is 13.2 Å². The average molecular weight is 291 g/mol. The van der Waals surface area contributed by atoms with E-state index < -0.39 is 11.6 Å². The molecule has 0 aliphatic rings. The van der Waals surface area contributed by atoms with Gasteiger partial charge in [-0.3, -0.25) is 0 Å². The van der Waals surface area contributed by atoms with Gasteiger partial charge >= 0.3 is 0 Å². The van der Waals surface area contributed by atoms with Gasteiger partial charge in [0.2, 0.25) is 0 Å². The molecule has 0 fully saturated rings. The summed E-state index contributed by atoms with van der Waals surface area (Å²) in [6.45, 7) is 1.03. The van der Waals surface area contributed by atoms with Gasteiger partial charge in [0.1, 0.15) is 5.75 Å². The average Bonchev–Trinajstić information content (AvgIpc) is 2.52. The quantitative estimate of drug-likeness (QED) is 0.786. The van der Waals surface area contributed by atoms with E-state index in [1.165, 1.54) is 11.6 Å². The Morgan fingerprint density at radius 1 is 1.00 bits per heavy atom. The fourth-order valence-electron chi connectivity index (χ4n) is 2.23. The number of rotatable bonds is 7. The molecule has 0 aliphatic heterocycles. The summed E-state index contributed by atoms with van der Waals surface area (Å²) in [7, 11) is 0. The molecule has 4 heteroatoms. The standard InChI is InChI=1S/C17H19F2NO/c18-16-9-8-15(11-17(16)19)21-10-4-7-14(12-20)13-5-2-1-3-6-13/h1-3,5-6,8-9,11,14H,4,7,10,12,20H2. The van der Waals surface area contributed by atoms with Crippen LogP contribution in [0.25, 0.3) is 0 Å². The number of nitrogens with two attached hydrogens (primary N) is 1. The molecule has 0 saturated heterocycles. The van der Waals surface area contributed by atoms with Gasteiger partial charge in [0.15, 0.2) is 11.6 Å². The smallest absolute Gasteiger partial charge is 0.162 e. The van der Waals surface area contributed by atoms with Crippen molar-refractivity contribution in [3.63, 3.8) is 0 Å². The van der Waals surface area contributed by atoms with Gasteiger partial charge in [-0.1, -0.05) is 30.3 Å². The second-order valence-corrected chi connectivity index (χ2v) is 4.91. The third-order valence-corrected chi connectivity index (χ3v) is 3.41. The van der Waals surface area contributed by atoms with Crippen molar-refractivity contribution in [1.29, 1.82) is 0 Å². The van der Waals surface area contributed by atoms with Crippen molar-refractivity contribution >= 4 is 0 Å². The summed E-state index contributed by atoms with van der Waals surface area (Å²) in [5, 5.41) is 0. The van der Waals surface area contributed by atoms with Gasteiger partial charge < -0.3 is 10.5 Å². The minimum absolute atomic E-state index is 0.291. The molecule has 0 amide bonds. The van der Waals surface area contributed by atoms with Gasteiger partial charge in [0.05, 0.1) is 6.61 Å². The molecule has 0 saturated carbocycles. The van der Waals surface area contributed by atoms with E-state index in [1.807, 2.05) is 18.2 Å². The maximum atomic E-state index is 13.0. The number of ether oxygens (including phenoxy) is 1. The number of halogens is 2. The first-order valence-corrected chi connectivity index (χ1v) is 7.03. The largest absolute Gasteiger partial charge is 0.493 e. The predicted octanol–water partition coefficient (Wildman–Crippen LogP) is 3.87. The Hall–Kier alpha value is -1.94. The molecule has 2 aromatic rings. The van der Waals surface area contributed by atoms with Crippen LogP contribution in [0, 0.1) is 11.6 Å². The van der Waals surface area contributed by atoms with Crippen molar-refractivity contribution in [1.82, 2.24) is 0 Å². The normalized spacial score (nSPS) is 12.1. The zero-order valence-corrected chi connectivity index (χ0v) is 11.8. The van der Waals surface area contributed by atoms with Crippen LogP contribution in [0.4, 0.5) is 8.78 Å². The number of hydrogen-bond acceptors (Lipinski definition) is 2. The molecule has 1 unspecified atom stereocenters. The lowest BCUT2D eigenvalue weighted by Gasteiger charge is -2.15. The van der Waals surface area contributed by atoms with Gasteiger partial charge in [-0.15, -0.1) is 0 Å². The fraction of sp³-hybridized carbons (Fsp3) is 0.294. The van der Waals surface area contributed by atoms with E-state index in [0.29, 0.717) is 24.8 Å².